The van der Waals surface area contributed by atoms with E-state index in [-0.39, 0.29) is 0 Å². The Morgan fingerprint density at radius 1 is 1.43 bits per heavy atom. The predicted molar refractivity (Wildman–Crippen MR) is 78.0 cm³/mol. The summed E-state index contributed by atoms with van der Waals surface area (Å²) in [5.41, 5.74) is 2.18. The van der Waals surface area contributed by atoms with Gasteiger partial charge in [-0.1, -0.05) is 0 Å². The van der Waals surface area contributed by atoms with E-state index in [1.54, 1.807) is 4.52 Å². The van der Waals surface area contributed by atoms with Crippen molar-refractivity contribution >= 4 is 11.7 Å². The molecule has 1 aliphatic carbocycles. The van der Waals surface area contributed by atoms with E-state index < -0.39 is 11.7 Å². The van der Waals surface area contributed by atoms with Crippen molar-refractivity contribution in [1.82, 2.24) is 19.9 Å². The fourth-order valence-electron chi connectivity index (χ4n) is 2.10. The summed E-state index contributed by atoms with van der Waals surface area (Å²) in [6.45, 7) is 5.83. The Hall–Kier alpha value is -2.11. The van der Waals surface area contributed by atoms with Crippen molar-refractivity contribution < 1.29 is 9.53 Å². The Morgan fingerprint density at radius 2 is 2.19 bits per heavy atom. The molecule has 2 aromatic heterocycles. The first kappa shape index (κ1) is 13.9. The van der Waals surface area contributed by atoms with Gasteiger partial charge in [0.2, 0.25) is 0 Å². The van der Waals surface area contributed by atoms with Crippen LogP contribution < -0.4 is 5.32 Å². The summed E-state index contributed by atoms with van der Waals surface area (Å²) in [6.07, 6.45) is 3.85. The molecule has 6 nitrogen and oxygen atoms in total. The minimum Gasteiger partial charge on any atom is -0.444 e. The minimum absolute atomic E-state index is 0.330. The van der Waals surface area contributed by atoms with Crippen LogP contribution in [0.15, 0.2) is 18.3 Å². The van der Waals surface area contributed by atoms with Gasteiger partial charge >= 0.3 is 6.09 Å². The lowest BCUT2D eigenvalue weighted by atomic mass is 10.2. The number of aromatic nitrogens is 3. The molecule has 0 saturated heterocycles. The third-order valence-electron chi connectivity index (χ3n) is 3.20. The number of alkyl carbamates (subject to hydrolysis) is 1. The second kappa shape index (κ2) is 5.02. The Balaban J connectivity index is 1.65. The van der Waals surface area contributed by atoms with Crippen LogP contribution in [0.5, 0.6) is 0 Å². The number of fused-ring (bicyclic) bond motifs is 1. The van der Waals surface area contributed by atoms with Gasteiger partial charge in [0.15, 0.2) is 5.65 Å². The standard InChI is InChI=1S/C15H20N4O2/c1-15(2,3)21-14(20)16-8-11-9-19-13(17-11)7-6-12(18-19)10-4-5-10/h6-7,9-10H,4-5,8H2,1-3H3,(H,16,20). The summed E-state index contributed by atoms with van der Waals surface area (Å²) in [4.78, 5) is 16.0. The van der Waals surface area contributed by atoms with Crippen molar-refractivity contribution in [2.24, 2.45) is 0 Å². The summed E-state index contributed by atoms with van der Waals surface area (Å²) in [5, 5.41) is 7.26. The number of nitrogens with one attached hydrogen (secondary N) is 1. The molecule has 0 bridgehead atoms. The third kappa shape index (κ3) is 3.51. The van der Waals surface area contributed by atoms with Gasteiger partial charge in [-0.25, -0.2) is 14.3 Å². The Labute approximate surface area is 123 Å². The molecule has 1 amide bonds. The highest BCUT2D eigenvalue weighted by Crippen LogP contribution is 2.38. The zero-order valence-corrected chi connectivity index (χ0v) is 12.6. The number of carbonyl (C=O) groups excluding carboxylic acids is 1. The Bertz CT molecular complexity index is 668. The Morgan fingerprint density at radius 3 is 2.86 bits per heavy atom. The second-order valence-electron chi connectivity index (χ2n) is 6.42. The number of nitrogens with zero attached hydrogens (tertiary/aromatic N) is 3. The fraction of sp³-hybridized carbons (Fsp3) is 0.533. The highest BCUT2D eigenvalue weighted by molar-refractivity contribution is 5.67. The van der Waals surface area contributed by atoms with Crippen molar-refractivity contribution in [3.05, 3.63) is 29.7 Å². The zero-order valence-electron chi connectivity index (χ0n) is 12.6. The number of imidazole rings is 1. The molecule has 0 aromatic carbocycles. The summed E-state index contributed by atoms with van der Waals surface area (Å²) in [7, 11) is 0. The van der Waals surface area contributed by atoms with E-state index in [0.29, 0.717) is 12.5 Å². The van der Waals surface area contributed by atoms with Crippen LogP contribution in [0.1, 0.15) is 50.9 Å². The third-order valence-corrected chi connectivity index (χ3v) is 3.20. The summed E-state index contributed by atoms with van der Waals surface area (Å²) < 4.78 is 6.97. The fourth-order valence-corrected chi connectivity index (χ4v) is 2.10. The van der Waals surface area contributed by atoms with Crippen LogP contribution in [0.25, 0.3) is 5.65 Å². The van der Waals surface area contributed by atoms with E-state index in [1.807, 2.05) is 39.1 Å². The van der Waals surface area contributed by atoms with Crippen molar-refractivity contribution in [2.75, 3.05) is 0 Å². The predicted octanol–water partition coefficient (Wildman–Crippen LogP) is 2.63. The molecule has 1 N–H and O–H groups in total. The lowest BCUT2D eigenvalue weighted by Crippen LogP contribution is -2.32. The van der Waals surface area contributed by atoms with Gasteiger partial charge in [0, 0.05) is 5.92 Å². The molecule has 2 heterocycles. The smallest absolute Gasteiger partial charge is 0.407 e. The van der Waals surface area contributed by atoms with E-state index >= 15 is 0 Å². The number of rotatable bonds is 3. The first-order valence-corrected chi connectivity index (χ1v) is 7.23. The van der Waals surface area contributed by atoms with Gasteiger partial charge < -0.3 is 10.1 Å². The molecule has 2 aromatic rings. The number of carbonyl (C=O) groups is 1. The molecule has 6 heteroatoms. The van der Waals surface area contributed by atoms with Crippen LogP contribution in [-0.4, -0.2) is 26.3 Å². The quantitative estimate of drug-likeness (QED) is 0.942. The number of hydrogen-bond donors (Lipinski definition) is 1. The van der Waals surface area contributed by atoms with Crippen molar-refractivity contribution in [3.8, 4) is 0 Å². The van der Waals surface area contributed by atoms with Crippen LogP contribution in [0.4, 0.5) is 4.79 Å². The summed E-state index contributed by atoms with van der Waals surface area (Å²) in [6, 6.07) is 4.00. The van der Waals surface area contributed by atoms with Gasteiger partial charge in [-0.05, 0) is 45.7 Å². The van der Waals surface area contributed by atoms with Gasteiger partial charge in [-0.15, -0.1) is 0 Å². The first-order chi connectivity index (χ1) is 9.90. The van der Waals surface area contributed by atoms with Crippen LogP contribution >= 0.6 is 0 Å². The molecule has 0 aliphatic heterocycles. The molecule has 21 heavy (non-hydrogen) atoms. The van der Waals surface area contributed by atoms with E-state index in [0.717, 1.165) is 17.0 Å². The van der Waals surface area contributed by atoms with Crippen LogP contribution in [0.3, 0.4) is 0 Å². The van der Waals surface area contributed by atoms with Crippen molar-refractivity contribution in [1.29, 1.82) is 0 Å². The molecule has 3 rings (SSSR count). The molecular weight excluding hydrogens is 268 g/mol. The van der Waals surface area contributed by atoms with Gasteiger partial charge in [0.1, 0.15) is 5.60 Å². The van der Waals surface area contributed by atoms with Gasteiger partial charge in [0.05, 0.1) is 24.1 Å². The maximum atomic E-state index is 11.6. The normalized spacial score (nSPS) is 15.2. The molecule has 0 atom stereocenters. The van der Waals surface area contributed by atoms with Gasteiger partial charge in [-0.2, -0.15) is 5.10 Å². The van der Waals surface area contributed by atoms with Crippen molar-refractivity contribution in [3.63, 3.8) is 0 Å². The molecular formula is C15H20N4O2. The van der Waals surface area contributed by atoms with Crippen LogP contribution in [0.2, 0.25) is 0 Å². The zero-order chi connectivity index (χ0) is 15.0. The highest BCUT2D eigenvalue weighted by Gasteiger charge is 2.25. The highest BCUT2D eigenvalue weighted by atomic mass is 16.6. The molecule has 1 aliphatic rings. The molecule has 0 unspecified atom stereocenters. The van der Waals surface area contributed by atoms with Crippen LogP contribution in [-0.2, 0) is 11.3 Å². The Kier molecular flexibility index (Phi) is 3.31. The maximum absolute atomic E-state index is 11.6. The average Bonchev–Trinajstić information content (AvgIpc) is 3.14. The van der Waals surface area contributed by atoms with E-state index in [1.165, 1.54) is 12.8 Å². The first-order valence-electron chi connectivity index (χ1n) is 7.23. The summed E-state index contributed by atoms with van der Waals surface area (Å²) >= 11 is 0. The SMILES string of the molecule is CC(C)(C)OC(=O)NCc1cn2nc(C3CC3)ccc2n1. The molecule has 1 fully saturated rings. The lowest BCUT2D eigenvalue weighted by Gasteiger charge is -2.19. The molecule has 1 saturated carbocycles. The largest absolute Gasteiger partial charge is 0.444 e. The number of hydrogen-bond acceptors (Lipinski definition) is 4. The maximum Gasteiger partial charge on any atom is 0.407 e. The number of amides is 1. The van der Waals surface area contributed by atoms with Gasteiger partial charge in [0.25, 0.3) is 0 Å². The molecule has 0 radical (unpaired) electrons. The molecule has 112 valence electrons. The van der Waals surface area contributed by atoms with Gasteiger partial charge in [-0.3, -0.25) is 0 Å². The van der Waals surface area contributed by atoms with E-state index in [2.05, 4.69) is 15.4 Å². The van der Waals surface area contributed by atoms with Crippen molar-refractivity contribution in [2.45, 2.75) is 51.7 Å². The monoisotopic (exact) mass is 288 g/mol. The average molecular weight is 288 g/mol. The summed E-state index contributed by atoms with van der Waals surface area (Å²) in [5.74, 6) is 0.611. The molecule has 0 spiro atoms. The second-order valence-corrected chi connectivity index (χ2v) is 6.42. The van der Waals surface area contributed by atoms with E-state index in [4.69, 9.17) is 4.74 Å². The number of ether oxygens (including phenoxy) is 1. The topological polar surface area (TPSA) is 68.5 Å². The lowest BCUT2D eigenvalue weighted by molar-refractivity contribution is 0.0523. The minimum atomic E-state index is -0.496. The van der Waals surface area contributed by atoms with E-state index in [9.17, 15) is 4.79 Å². The van der Waals surface area contributed by atoms with Crippen LogP contribution in [0, 0.1) is 0 Å².